The van der Waals surface area contributed by atoms with Crippen LogP contribution >= 0.6 is 0 Å². The Bertz CT molecular complexity index is 480. The van der Waals surface area contributed by atoms with Gasteiger partial charge in [0.1, 0.15) is 12.6 Å². The maximum absolute atomic E-state index is 5.51. The Morgan fingerprint density at radius 1 is 0.846 bits per heavy atom. The molecule has 0 aromatic heterocycles. The number of hydrazine groups is 1. The van der Waals surface area contributed by atoms with E-state index in [1.165, 1.54) is 45.4 Å². The fourth-order valence-electron chi connectivity index (χ4n) is 5.54. The Labute approximate surface area is 157 Å². The van der Waals surface area contributed by atoms with Crippen LogP contribution in [0.1, 0.15) is 19.3 Å². The van der Waals surface area contributed by atoms with Gasteiger partial charge in [-0.2, -0.15) is 0 Å². The van der Waals surface area contributed by atoms with Crippen molar-refractivity contribution in [2.24, 2.45) is 5.92 Å². The molecule has 3 N–H and O–H groups in total. The van der Waals surface area contributed by atoms with Crippen LogP contribution in [0, 0.1) is 5.92 Å². The van der Waals surface area contributed by atoms with E-state index in [9.17, 15) is 0 Å². The Morgan fingerprint density at radius 3 is 2.46 bits per heavy atom. The zero-order valence-electron chi connectivity index (χ0n) is 16.1. The molecule has 8 heteroatoms. The molecular formula is C18H35N7O. The number of likely N-dealkylation sites (N-methyl/N-ethyl adjacent to an activating group) is 1. The smallest absolute Gasteiger partial charge is 0.129 e. The first kappa shape index (κ1) is 17.8. The average Bonchev–Trinajstić information content (AvgIpc) is 3.10. The lowest BCUT2D eigenvalue weighted by Gasteiger charge is -2.51. The third kappa shape index (κ3) is 3.42. The molecule has 5 aliphatic rings. The van der Waals surface area contributed by atoms with Gasteiger partial charge < -0.3 is 9.64 Å². The summed E-state index contributed by atoms with van der Waals surface area (Å²) in [7, 11) is 2.25. The van der Waals surface area contributed by atoms with Gasteiger partial charge in [-0.3, -0.25) is 20.4 Å². The quantitative estimate of drug-likeness (QED) is 0.557. The monoisotopic (exact) mass is 365 g/mol. The molecule has 0 bridgehead atoms. The molecule has 1 aliphatic carbocycles. The summed E-state index contributed by atoms with van der Waals surface area (Å²) in [5.74, 6) is 0.752. The van der Waals surface area contributed by atoms with E-state index >= 15 is 0 Å². The van der Waals surface area contributed by atoms with Crippen molar-refractivity contribution in [2.45, 2.75) is 43.9 Å². The molecule has 4 aliphatic heterocycles. The SMILES string of the molecule is CN1CCN(C2CCCC3CN4NC(N5CCOCC5)NC4NC32)CC1. The highest BCUT2D eigenvalue weighted by atomic mass is 16.5. The first-order valence-electron chi connectivity index (χ1n) is 10.6. The number of rotatable bonds is 2. The lowest BCUT2D eigenvalue weighted by Crippen LogP contribution is -2.69. The van der Waals surface area contributed by atoms with E-state index in [0.717, 1.165) is 38.8 Å². The van der Waals surface area contributed by atoms with Crippen molar-refractivity contribution in [1.82, 2.24) is 35.8 Å². The van der Waals surface area contributed by atoms with E-state index in [1.807, 2.05) is 0 Å². The molecule has 5 atom stereocenters. The van der Waals surface area contributed by atoms with Gasteiger partial charge in [0.05, 0.1) is 13.2 Å². The number of nitrogens with zero attached hydrogens (tertiary/aromatic N) is 4. The van der Waals surface area contributed by atoms with Crippen LogP contribution in [0.25, 0.3) is 0 Å². The predicted molar refractivity (Wildman–Crippen MR) is 100 cm³/mol. The molecular weight excluding hydrogens is 330 g/mol. The third-order valence-corrected chi connectivity index (χ3v) is 7.11. The maximum atomic E-state index is 5.51. The van der Waals surface area contributed by atoms with Crippen molar-refractivity contribution in [3.05, 3.63) is 0 Å². The predicted octanol–water partition coefficient (Wildman–Crippen LogP) is -1.32. The first-order valence-corrected chi connectivity index (χ1v) is 10.6. The van der Waals surface area contributed by atoms with Gasteiger partial charge >= 0.3 is 0 Å². The Kier molecular flexibility index (Phi) is 5.19. The molecule has 148 valence electrons. The standard InChI is InChI=1S/C18H35N7O/c1-22-5-7-23(8-6-22)15-4-2-3-14-13-25-17(19-16(14)15)20-18(21-25)24-9-11-26-12-10-24/h14-21H,2-13H2,1H3. The molecule has 0 aromatic rings. The van der Waals surface area contributed by atoms with Crippen LogP contribution in [0.2, 0.25) is 0 Å². The highest BCUT2D eigenvalue weighted by molar-refractivity contribution is 5.00. The van der Waals surface area contributed by atoms with E-state index in [1.54, 1.807) is 0 Å². The van der Waals surface area contributed by atoms with Crippen LogP contribution in [-0.4, -0.2) is 110 Å². The Hall–Kier alpha value is -0.320. The molecule has 1 saturated carbocycles. The van der Waals surface area contributed by atoms with Crippen molar-refractivity contribution in [1.29, 1.82) is 0 Å². The number of piperazine rings is 1. The van der Waals surface area contributed by atoms with Gasteiger partial charge in [0.15, 0.2) is 0 Å². The normalized spacial score (nSPS) is 44.0. The molecule has 5 fully saturated rings. The summed E-state index contributed by atoms with van der Waals surface area (Å²) in [5, 5.41) is 10.2. The zero-order valence-corrected chi connectivity index (χ0v) is 16.1. The lowest BCUT2D eigenvalue weighted by molar-refractivity contribution is -0.0247. The summed E-state index contributed by atoms with van der Waals surface area (Å²) < 4.78 is 5.51. The molecule has 26 heavy (non-hydrogen) atoms. The van der Waals surface area contributed by atoms with Crippen LogP contribution < -0.4 is 16.1 Å². The summed E-state index contributed by atoms with van der Waals surface area (Å²) in [5.41, 5.74) is 3.71. The summed E-state index contributed by atoms with van der Waals surface area (Å²) in [6.45, 7) is 9.71. The number of hydrogen-bond acceptors (Lipinski definition) is 8. The maximum Gasteiger partial charge on any atom is 0.129 e. The highest BCUT2D eigenvalue weighted by Gasteiger charge is 2.47. The van der Waals surface area contributed by atoms with E-state index in [0.29, 0.717) is 12.1 Å². The molecule has 0 radical (unpaired) electrons. The lowest BCUT2D eigenvalue weighted by atomic mass is 9.78. The third-order valence-electron chi connectivity index (χ3n) is 7.11. The van der Waals surface area contributed by atoms with Gasteiger partial charge in [-0.05, 0) is 25.8 Å². The van der Waals surface area contributed by atoms with Gasteiger partial charge in [0.2, 0.25) is 0 Å². The summed E-state index contributed by atoms with van der Waals surface area (Å²) in [6, 6.07) is 1.32. The number of fused-ring (bicyclic) bond motifs is 2. The van der Waals surface area contributed by atoms with Crippen molar-refractivity contribution in [2.75, 3.05) is 66.1 Å². The van der Waals surface area contributed by atoms with Gasteiger partial charge in [0.25, 0.3) is 0 Å². The topological polar surface area (TPSA) is 58.3 Å². The molecule has 5 unspecified atom stereocenters. The summed E-state index contributed by atoms with van der Waals surface area (Å²) in [4.78, 5) is 7.69. The van der Waals surface area contributed by atoms with Gasteiger partial charge in [0, 0.05) is 57.9 Å². The summed E-state index contributed by atoms with van der Waals surface area (Å²) >= 11 is 0. The second kappa shape index (κ2) is 7.60. The Morgan fingerprint density at radius 2 is 1.65 bits per heavy atom. The average molecular weight is 366 g/mol. The van der Waals surface area contributed by atoms with Crippen LogP contribution in [0.5, 0.6) is 0 Å². The minimum absolute atomic E-state index is 0.235. The number of nitrogens with one attached hydrogen (secondary N) is 3. The fourth-order valence-corrected chi connectivity index (χ4v) is 5.54. The van der Waals surface area contributed by atoms with Crippen molar-refractivity contribution >= 4 is 0 Å². The highest BCUT2D eigenvalue weighted by Crippen LogP contribution is 2.33. The van der Waals surface area contributed by atoms with Crippen molar-refractivity contribution < 1.29 is 4.74 Å². The number of hydrogen-bond donors (Lipinski definition) is 3. The van der Waals surface area contributed by atoms with E-state index in [-0.39, 0.29) is 12.6 Å². The van der Waals surface area contributed by atoms with Crippen LogP contribution in [0.3, 0.4) is 0 Å². The van der Waals surface area contributed by atoms with E-state index < -0.39 is 0 Å². The molecule has 8 nitrogen and oxygen atoms in total. The molecule has 0 amide bonds. The fraction of sp³-hybridized carbons (Fsp3) is 1.00. The Balaban J connectivity index is 1.24. The van der Waals surface area contributed by atoms with Gasteiger partial charge in [-0.25, -0.2) is 10.4 Å². The molecule has 0 aromatic carbocycles. The van der Waals surface area contributed by atoms with Crippen LogP contribution in [-0.2, 0) is 4.74 Å². The molecule has 4 heterocycles. The minimum atomic E-state index is 0.235. The zero-order chi connectivity index (χ0) is 17.5. The molecule has 4 saturated heterocycles. The minimum Gasteiger partial charge on any atom is -0.379 e. The van der Waals surface area contributed by atoms with Crippen LogP contribution in [0.4, 0.5) is 0 Å². The first-order chi connectivity index (χ1) is 12.8. The largest absolute Gasteiger partial charge is 0.379 e. The molecule has 0 spiro atoms. The second-order valence-corrected chi connectivity index (χ2v) is 8.69. The van der Waals surface area contributed by atoms with Gasteiger partial charge in [-0.15, -0.1) is 0 Å². The van der Waals surface area contributed by atoms with Crippen molar-refractivity contribution in [3.63, 3.8) is 0 Å². The van der Waals surface area contributed by atoms with Gasteiger partial charge in [-0.1, -0.05) is 6.42 Å². The van der Waals surface area contributed by atoms with Crippen LogP contribution in [0.15, 0.2) is 0 Å². The summed E-state index contributed by atoms with van der Waals surface area (Å²) in [6.07, 6.45) is 4.56. The molecule has 5 rings (SSSR count). The van der Waals surface area contributed by atoms with E-state index in [4.69, 9.17) is 4.74 Å². The number of ether oxygens (including phenoxy) is 1. The van der Waals surface area contributed by atoms with Crippen molar-refractivity contribution in [3.8, 4) is 0 Å². The second-order valence-electron chi connectivity index (χ2n) is 8.69. The van der Waals surface area contributed by atoms with E-state index in [2.05, 4.69) is 42.8 Å². The number of morpholine rings is 1.